The van der Waals surface area contributed by atoms with Gasteiger partial charge in [-0.3, -0.25) is 9.88 Å². The first-order valence-electron chi connectivity index (χ1n) is 7.04. The highest BCUT2D eigenvalue weighted by atomic mass is 32.2. The number of thioether (sulfide) groups is 1. The Morgan fingerprint density at radius 3 is 2.95 bits per heavy atom. The van der Waals surface area contributed by atoms with Gasteiger partial charge in [-0.05, 0) is 26.0 Å². The van der Waals surface area contributed by atoms with Gasteiger partial charge in [0.1, 0.15) is 0 Å². The van der Waals surface area contributed by atoms with Crippen LogP contribution < -0.4 is 5.73 Å². The smallest absolute Gasteiger partial charge is 0.0726 e. The largest absolute Gasteiger partial charge is 0.398 e. The second-order valence-corrected chi connectivity index (χ2v) is 7.84. The summed E-state index contributed by atoms with van der Waals surface area (Å²) in [7, 11) is 0. The van der Waals surface area contributed by atoms with Gasteiger partial charge in [-0.1, -0.05) is 18.2 Å². The number of aromatic nitrogens is 1. The number of pyridine rings is 1. The summed E-state index contributed by atoms with van der Waals surface area (Å²) >= 11 is 2.05. The van der Waals surface area contributed by atoms with Crippen molar-refractivity contribution in [3.8, 4) is 0 Å². The number of nitrogens with two attached hydrogens (primary N) is 1. The van der Waals surface area contributed by atoms with Crippen LogP contribution in [0.4, 0.5) is 5.69 Å². The normalized spacial score (nSPS) is 19.3. The van der Waals surface area contributed by atoms with E-state index in [4.69, 9.17) is 10.7 Å². The molecular formula is C16H21N3S. The average Bonchev–Trinajstić information content (AvgIpc) is 2.37. The number of hydrogen-bond donors (Lipinski definition) is 1. The SMILES string of the molecule is CC1(C)CN(Cc2cc(N)c3ccccc3n2)CCS1. The molecule has 0 unspecified atom stereocenters. The van der Waals surface area contributed by atoms with E-state index in [1.165, 1.54) is 5.75 Å². The summed E-state index contributed by atoms with van der Waals surface area (Å²) < 4.78 is 0.334. The number of rotatable bonds is 2. The molecule has 3 nitrogen and oxygen atoms in total. The van der Waals surface area contributed by atoms with Crippen LogP contribution in [0, 0.1) is 0 Å². The number of hydrogen-bond acceptors (Lipinski definition) is 4. The van der Waals surface area contributed by atoms with Gasteiger partial charge in [0.2, 0.25) is 0 Å². The minimum absolute atomic E-state index is 0.334. The van der Waals surface area contributed by atoms with Crippen molar-refractivity contribution in [2.75, 3.05) is 24.6 Å². The second-order valence-electron chi connectivity index (χ2n) is 6.04. The molecule has 0 spiro atoms. The molecule has 1 aromatic carbocycles. The Morgan fingerprint density at radius 1 is 1.35 bits per heavy atom. The molecule has 2 heterocycles. The standard InChI is InChI=1S/C16H21N3S/c1-16(2)11-19(7-8-20-16)10-12-9-14(17)13-5-3-4-6-15(13)18-12/h3-6,9H,7-8,10-11H2,1-2H3,(H2,17,18). The highest BCUT2D eigenvalue weighted by molar-refractivity contribution is 8.00. The zero-order chi connectivity index (χ0) is 14.2. The topological polar surface area (TPSA) is 42.1 Å². The fourth-order valence-electron chi connectivity index (χ4n) is 2.82. The van der Waals surface area contributed by atoms with E-state index in [0.717, 1.165) is 41.9 Å². The molecule has 2 aromatic rings. The molecule has 1 aliphatic heterocycles. The molecule has 1 aliphatic rings. The first-order chi connectivity index (χ1) is 9.53. The van der Waals surface area contributed by atoms with Crippen LogP contribution in [0.25, 0.3) is 10.9 Å². The maximum Gasteiger partial charge on any atom is 0.0726 e. The Hall–Kier alpha value is -1.26. The molecule has 0 saturated carbocycles. The number of nitrogen functional groups attached to an aromatic ring is 1. The molecule has 4 heteroatoms. The minimum atomic E-state index is 0.334. The number of anilines is 1. The van der Waals surface area contributed by atoms with Gasteiger partial charge in [-0.2, -0.15) is 11.8 Å². The molecule has 0 amide bonds. The summed E-state index contributed by atoms with van der Waals surface area (Å²) in [6.45, 7) is 7.74. The fourth-order valence-corrected chi connectivity index (χ4v) is 3.99. The quantitative estimate of drug-likeness (QED) is 0.921. The van der Waals surface area contributed by atoms with Crippen molar-refractivity contribution in [3.05, 3.63) is 36.0 Å². The average molecular weight is 287 g/mol. The van der Waals surface area contributed by atoms with Crippen molar-refractivity contribution in [1.29, 1.82) is 0 Å². The predicted octanol–water partition coefficient (Wildman–Crippen LogP) is 3.14. The van der Waals surface area contributed by atoms with Gasteiger partial charge >= 0.3 is 0 Å². The van der Waals surface area contributed by atoms with E-state index in [0.29, 0.717) is 4.75 Å². The lowest BCUT2D eigenvalue weighted by atomic mass is 10.1. The number of para-hydroxylation sites is 1. The Balaban J connectivity index is 1.84. The van der Waals surface area contributed by atoms with Gasteiger partial charge in [0.15, 0.2) is 0 Å². The Labute approximate surface area is 124 Å². The zero-order valence-electron chi connectivity index (χ0n) is 12.1. The van der Waals surface area contributed by atoms with E-state index < -0.39 is 0 Å². The van der Waals surface area contributed by atoms with E-state index in [1.807, 2.05) is 30.3 Å². The van der Waals surface area contributed by atoms with Crippen LogP contribution in [0.15, 0.2) is 30.3 Å². The molecule has 20 heavy (non-hydrogen) atoms. The van der Waals surface area contributed by atoms with Gasteiger partial charge in [0.25, 0.3) is 0 Å². The number of nitrogens with zero attached hydrogens (tertiary/aromatic N) is 2. The Morgan fingerprint density at radius 2 is 2.15 bits per heavy atom. The van der Waals surface area contributed by atoms with Gasteiger partial charge in [0.05, 0.1) is 11.2 Å². The molecule has 3 rings (SSSR count). The summed E-state index contributed by atoms with van der Waals surface area (Å²) in [5.74, 6) is 1.19. The molecule has 1 aromatic heterocycles. The molecule has 0 radical (unpaired) electrons. The lowest BCUT2D eigenvalue weighted by molar-refractivity contribution is 0.250. The van der Waals surface area contributed by atoms with Crippen molar-refractivity contribution in [2.45, 2.75) is 25.1 Å². The van der Waals surface area contributed by atoms with Gasteiger partial charge < -0.3 is 5.73 Å². The molecule has 0 bridgehead atoms. The van der Waals surface area contributed by atoms with Gasteiger partial charge in [-0.25, -0.2) is 0 Å². The van der Waals surface area contributed by atoms with Crippen molar-refractivity contribution >= 4 is 28.4 Å². The molecule has 0 atom stereocenters. The third kappa shape index (κ3) is 2.91. The lowest BCUT2D eigenvalue weighted by Crippen LogP contribution is -2.42. The minimum Gasteiger partial charge on any atom is -0.398 e. The van der Waals surface area contributed by atoms with Crippen LogP contribution >= 0.6 is 11.8 Å². The summed E-state index contributed by atoms with van der Waals surface area (Å²) in [4.78, 5) is 7.23. The number of fused-ring (bicyclic) bond motifs is 1. The second kappa shape index (κ2) is 5.26. The van der Waals surface area contributed by atoms with Gasteiger partial charge in [0, 0.05) is 41.2 Å². The highest BCUT2D eigenvalue weighted by Gasteiger charge is 2.27. The monoisotopic (exact) mass is 287 g/mol. The van der Waals surface area contributed by atoms with E-state index in [-0.39, 0.29) is 0 Å². The van der Waals surface area contributed by atoms with Crippen molar-refractivity contribution in [3.63, 3.8) is 0 Å². The van der Waals surface area contributed by atoms with Crippen LogP contribution in [0.1, 0.15) is 19.5 Å². The first kappa shape index (κ1) is 13.7. The van der Waals surface area contributed by atoms with Crippen LogP contribution in [-0.4, -0.2) is 33.5 Å². The fraction of sp³-hybridized carbons (Fsp3) is 0.438. The lowest BCUT2D eigenvalue weighted by Gasteiger charge is -2.37. The first-order valence-corrected chi connectivity index (χ1v) is 8.02. The molecule has 1 saturated heterocycles. The van der Waals surface area contributed by atoms with Crippen molar-refractivity contribution < 1.29 is 0 Å². The molecule has 106 valence electrons. The van der Waals surface area contributed by atoms with E-state index in [2.05, 4.69) is 30.5 Å². The van der Waals surface area contributed by atoms with Crippen LogP contribution in [-0.2, 0) is 6.54 Å². The van der Waals surface area contributed by atoms with Crippen LogP contribution in [0.2, 0.25) is 0 Å². The summed E-state index contributed by atoms with van der Waals surface area (Å²) in [6.07, 6.45) is 0. The summed E-state index contributed by atoms with van der Waals surface area (Å²) in [5.41, 5.74) is 9.05. The Kier molecular flexibility index (Phi) is 3.61. The van der Waals surface area contributed by atoms with Crippen LogP contribution in [0.5, 0.6) is 0 Å². The van der Waals surface area contributed by atoms with E-state index >= 15 is 0 Å². The molecule has 2 N–H and O–H groups in total. The zero-order valence-corrected chi connectivity index (χ0v) is 12.9. The Bertz CT molecular complexity index is 624. The summed E-state index contributed by atoms with van der Waals surface area (Å²) in [6, 6.07) is 10.1. The van der Waals surface area contributed by atoms with E-state index in [1.54, 1.807) is 0 Å². The maximum atomic E-state index is 6.15. The van der Waals surface area contributed by atoms with E-state index in [9.17, 15) is 0 Å². The third-order valence-electron chi connectivity index (χ3n) is 3.69. The van der Waals surface area contributed by atoms with Crippen LogP contribution in [0.3, 0.4) is 0 Å². The van der Waals surface area contributed by atoms with Gasteiger partial charge in [-0.15, -0.1) is 0 Å². The number of benzene rings is 1. The molecule has 0 aliphatic carbocycles. The summed E-state index contributed by atoms with van der Waals surface area (Å²) in [5, 5.41) is 1.05. The highest BCUT2D eigenvalue weighted by Crippen LogP contribution is 2.30. The van der Waals surface area contributed by atoms with Crippen molar-refractivity contribution in [1.82, 2.24) is 9.88 Å². The van der Waals surface area contributed by atoms with Crippen molar-refractivity contribution in [2.24, 2.45) is 0 Å². The predicted molar refractivity (Wildman–Crippen MR) is 88.0 cm³/mol. The molecular weight excluding hydrogens is 266 g/mol. The third-order valence-corrected chi connectivity index (χ3v) is 4.99. The molecule has 1 fully saturated rings. The maximum absolute atomic E-state index is 6.15.